The number of alkyl halides is 1. The van der Waals surface area contributed by atoms with Crippen molar-refractivity contribution in [2.75, 3.05) is 7.05 Å². The first-order valence-electron chi connectivity index (χ1n) is 7.87. The number of hydrogen-bond donors (Lipinski definition) is 1. The second-order valence-corrected chi connectivity index (χ2v) is 6.96. The second kappa shape index (κ2) is 7.66. The minimum Gasteiger partial charge on any atom is -0.456 e. The summed E-state index contributed by atoms with van der Waals surface area (Å²) in [5.41, 5.74) is 0.936. The molecular formula is C19H21ClN2O3. The van der Waals surface area contributed by atoms with Gasteiger partial charge in [0.15, 0.2) is 0 Å². The fourth-order valence-corrected chi connectivity index (χ4v) is 2.43. The Morgan fingerprint density at radius 1 is 1.16 bits per heavy atom. The molecule has 1 heterocycles. The summed E-state index contributed by atoms with van der Waals surface area (Å²) in [6.45, 7) is 5.34. The Balaban J connectivity index is 2.47. The van der Waals surface area contributed by atoms with E-state index in [2.05, 4.69) is 10.3 Å². The highest BCUT2D eigenvalue weighted by Crippen LogP contribution is 2.28. The van der Waals surface area contributed by atoms with E-state index >= 15 is 0 Å². The molecule has 0 spiro atoms. The first-order chi connectivity index (χ1) is 11.7. The lowest BCUT2D eigenvalue weighted by atomic mass is 10.1. The molecule has 0 saturated carbocycles. The normalized spacial score (nSPS) is 12.4. The summed E-state index contributed by atoms with van der Waals surface area (Å²) >= 11 is 6.51. The van der Waals surface area contributed by atoms with Gasteiger partial charge in [-0.1, -0.05) is 30.3 Å². The van der Waals surface area contributed by atoms with Crippen molar-refractivity contribution in [3.8, 4) is 0 Å². The van der Waals surface area contributed by atoms with Gasteiger partial charge in [0.1, 0.15) is 16.7 Å². The Bertz CT molecular complexity index is 770. The van der Waals surface area contributed by atoms with Crippen LogP contribution in [-0.2, 0) is 4.74 Å². The van der Waals surface area contributed by atoms with Crippen LogP contribution in [0.15, 0.2) is 42.5 Å². The first-order valence-corrected chi connectivity index (χ1v) is 8.31. The van der Waals surface area contributed by atoms with Crippen LogP contribution < -0.4 is 5.32 Å². The average molecular weight is 361 g/mol. The van der Waals surface area contributed by atoms with Crippen molar-refractivity contribution < 1.29 is 14.3 Å². The molecule has 0 bridgehead atoms. The number of benzene rings is 1. The van der Waals surface area contributed by atoms with Crippen LogP contribution in [0.1, 0.15) is 58.3 Å². The first kappa shape index (κ1) is 18.9. The molecule has 2 aromatic rings. The van der Waals surface area contributed by atoms with Crippen LogP contribution in [0.2, 0.25) is 0 Å². The third-order valence-electron chi connectivity index (χ3n) is 3.29. The molecule has 0 radical (unpaired) electrons. The van der Waals surface area contributed by atoms with Crippen LogP contribution in [0.3, 0.4) is 0 Å². The molecule has 0 aliphatic carbocycles. The Kier molecular flexibility index (Phi) is 5.80. The maximum absolute atomic E-state index is 12.4. The van der Waals surface area contributed by atoms with Crippen molar-refractivity contribution in [2.45, 2.75) is 31.7 Å². The Morgan fingerprint density at radius 2 is 1.80 bits per heavy atom. The number of pyridine rings is 1. The van der Waals surface area contributed by atoms with Crippen LogP contribution >= 0.6 is 11.6 Å². The van der Waals surface area contributed by atoms with Crippen molar-refractivity contribution in [1.29, 1.82) is 0 Å². The number of ether oxygens (including phenoxy) is 1. The smallest absolute Gasteiger partial charge is 0.338 e. The van der Waals surface area contributed by atoms with Gasteiger partial charge in [0.25, 0.3) is 5.91 Å². The SMILES string of the molecule is CNC(=O)c1cc(C(=O)OC(C)(C)C)cc(C(Cl)c2ccccc2)n1. The predicted molar refractivity (Wildman–Crippen MR) is 96.9 cm³/mol. The highest BCUT2D eigenvalue weighted by Gasteiger charge is 2.22. The number of nitrogens with zero attached hydrogens (tertiary/aromatic N) is 1. The van der Waals surface area contributed by atoms with Gasteiger partial charge in [0.2, 0.25) is 0 Å². The van der Waals surface area contributed by atoms with Gasteiger partial charge in [-0.2, -0.15) is 0 Å². The minimum absolute atomic E-state index is 0.113. The number of halogens is 1. The van der Waals surface area contributed by atoms with E-state index in [1.165, 1.54) is 13.1 Å². The molecule has 25 heavy (non-hydrogen) atoms. The Labute approximate surface area is 152 Å². The largest absolute Gasteiger partial charge is 0.456 e. The quantitative estimate of drug-likeness (QED) is 0.666. The molecule has 5 nitrogen and oxygen atoms in total. The van der Waals surface area contributed by atoms with Crippen LogP contribution in [0, 0.1) is 0 Å². The fraction of sp³-hybridized carbons (Fsp3) is 0.316. The van der Waals surface area contributed by atoms with Crippen molar-refractivity contribution >= 4 is 23.5 Å². The molecule has 6 heteroatoms. The van der Waals surface area contributed by atoms with Crippen molar-refractivity contribution in [3.05, 3.63) is 65.0 Å². The topological polar surface area (TPSA) is 68.3 Å². The molecule has 0 aliphatic heterocycles. The van der Waals surface area contributed by atoms with Gasteiger partial charge in [-0.25, -0.2) is 9.78 Å². The Morgan fingerprint density at radius 3 is 2.36 bits per heavy atom. The Hall–Kier alpha value is -2.40. The lowest BCUT2D eigenvalue weighted by Crippen LogP contribution is -2.25. The summed E-state index contributed by atoms with van der Waals surface area (Å²) < 4.78 is 5.39. The van der Waals surface area contributed by atoms with E-state index in [1.54, 1.807) is 26.8 Å². The lowest BCUT2D eigenvalue weighted by Gasteiger charge is -2.20. The zero-order chi connectivity index (χ0) is 18.6. The third-order valence-corrected chi connectivity index (χ3v) is 3.77. The standard InChI is InChI=1S/C19H21ClN2O3/c1-19(2,3)25-18(24)13-10-14(22-15(11-13)17(23)21-4)16(20)12-8-6-5-7-9-12/h5-11,16H,1-4H3,(H,21,23). The average Bonchev–Trinajstić information content (AvgIpc) is 2.59. The summed E-state index contributed by atoms with van der Waals surface area (Å²) in [4.78, 5) is 28.7. The lowest BCUT2D eigenvalue weighted by molar-refractivity contribution is 0.00692. The molecule has 1 N–H and O–H groups in total. The molecule has 132 valence electrons. The van der Waals surface area contributed by atoms with Crippen molar-refractivity contribution in [1.82, 2.24) is 10.3 Å². The number of rotatable bonds is 4. The second-order valence-electron chi connectivity index (χ2n) is 6.52. The molecule has 1 aromatic heterocycles. The summed E-state index contributed by atoms with van der Waals surface area (Å²) in [5, 5.41) is 1.91. The van der Waals surface area contributed by atoms with E-state index in [9.17, 15) is 9.59 Å². The van der Waals surface area contributed by atoms with E-state index in [1.807, 2.05) is 30.3 Å². The summed E-state index contributed by atoms with van der Waals surface area (Å²) in [5.74, 6) is -0.929. The highest BCUT2D eigenvalue weighted by molar-refractivity contribution is 6.22. The number of amides is 1. The van der Waals surface area contributed by atoms with Gasteiger partial charge < -0.3 is 10.1 Å². The van der Waals surface area contributed by atoms with E-state index in [0.29, 0.717) is 5.69 Å². The van der Waals surface area contributed by atoms with Crippen LogP contribution in [0.4, 0.5) is 0 Å². The molecular weight excluding hydrogens is 340 g/mol. The van der Waals surface area contributed by atoms with Crippen LogP contribution in [-0.4, -0.2) is 29.5 Å². The van der Waals surface area contributed by atoms with Gasteiger partial charge in [-0.3, -0.25) is 4.79 Å². The maximum atomic E-state index is 12.4. The van der Waals surface area contributed by atoms with Gasteiger partial charge in [0, 0.05) is 7.05 Å². The molecule has 0 saturated heterocycles. The van der Waals surface area contributed by atoms with Crippen molar-refractivity contribution in [3.63, 3.8) is 0 Å². The summed E-state index contributed by atoms with van der Waals surface area (Å²) in [7, 11) is 1.50. The molecule has 0 aliphatic rings. The third kappa shape index (κ3) is 5.03. The maximum Gasteiger partial charge on any atom is 0.338 e. The van der Waals surface area contributed by atoms with Crippen LogP contribution in [0.25, 0.3) is 0 Å². The number of nitrogens with one attached hydrogen (secondary N) is 1. The number of esters is 1. The van der Waals surface area contributed by atoms with Gasteiger partial charge in [-0.05, 0) is 38.5 Å². The molecule has 0 fully saturated rings. The van der Waals surface area contributed by atoms with Gasteiger partial charge >= 0.3 is 5.97 Å². The minimum atomic E-state index is -0.645. The predicted octanol–water partition coefficient (Wildman–Crippen LogP) is 3.72. The fourth-order valence-electron chi connectivity index (χ4n) is 2.17. The molecule has 1 atom stereocenters. The molecule has 2 rings (SSSR count). The monoisotopic (exact) mass is 360 g/mol. The van der Waals surface area contributed by atoms with Crippen molar-refractivity contribution in [2.24, 2.45) is 0 Å². The van der Waals surface area contributed by atoms with E-state index in [-0.39, 0.29) is 11.3 Å². The van der Waals surface area contributed by atoms with E-state index in [4.69, 9.17) is 16.3 Å². The summed E-state index contributed by atoms with van der Waals surface area (Å²) in [6, 6.07) is 12.3. The molecule has 1 aromatic carbocycles. The zero-order valence-electron chi connectivity index (χ0n) is 14.7. The van der Waals surface area contributed by atoms with Gasteiger partial charge in [-0.15, -0.1) is 11.6 Å². The van der Waals surface area contributed by atoms with Crippen LogP contribution in [0.5, 0.6) is 0 Å². The van der Waals surface area contributed by atoms with E-state index in [0.717, 1.165) is 5.56 Å². The van der Waals surface area contributed by atoms with Gasteiger partial charge in [0.05, 0.1) is 11.3 Å². The number of hydrogen-bond acceptors (Lipinski definition) is 4. The molecule has 1 amide bonds. The highest BCUT2D eigenvalue weighted by atomic mass is 35.5. The summed E-state index contributed by atoms with van der Waals surface area (Å²) in [6.07, 6.45) is 0. The zero-order valence-corrected chi connectivity index (χ0v) is 15.4. The van der Waals surface area contributed by atoms with E-state index < -0.39 is 22.9 Å². The molecule has 1 unspecified atom stereocenters. The number of aromatic nitrogens is 1. The number of carbonyl (C=O) groups is 2. The number of carbonyl (C=O) groups excluding carboxylic acids is 2.